The molecule has 1 N–H and O–H groups in total. The van der Waals surface area contributed by atoms with E-state index in [1.807, 2.05) is 52.0 Å². The summed E-state index contributed by atoms with van der Waals surface area (Å²) in [6.07, 6.45) is 3.83. The first kappa shape index (κ1) is 23.3. The van der Waals surface area contributed by atoms with Crippen LogP contribution in [0.3, 0.4) is 0 Å². The normalized spacial score (nSPS) is 8.14. The van der Waals surface area contributed by atoms with E-state index in [0.29, 0.717) is 0 Å². The van der Waals surface area contributed by atoms with Crippen LogP contribution < -0.4 is 0 Å². The van der Waals surface area contributed by atoms with Gasteiger partial charge in [0.1, 0.15) is 0 Å². The Bertz CT molecular complexity index is 72.8. The monoisotopic (exact) mass is 203 g/mol. The molecule has 88 valence electrons. The SMILES string of the molecule is C=C.CC(C)O.CC=CC.CN(C)C. The van der Waals surface area contributed by atoms with Crippen LogP contribution in [0.4, 0.5) is 0 Å². The molecule has 0 bridgehead atoms. The molecule has 0 amide bonds. The van der Waals surface area contributed by atoms with E-state index in [1.54, 1.807) is 13.8 Å². The fourth-order valence-corrected chi connectivity index (χ4v) is 0. The molecule has 0 rings (SSSR count). The van der Waals surface area contributed by atoms with Gasteiger partial charge in [0.25, 0.3) is 0 Å². The van der Waals surface area contributed by atoms with Gasteiger partial charge in [0.2, 0.25) is 0 Å². The van der Waals surface area contributed by atoms with Gasteiger partial charge in [-0.15, -0.1) is 13.2 Å². The highest BCUT2D eigenvalue weighted by Crippen LogP contribution is 1.65. The van der Waals surface area contributed by atoms with Crippen molar-refractivity contribution < 1.29 is 5.11 Å². The van der Waals surface area contributed by atoms with E-state index < -0.39 is 0 Å². The van der Waals surface area contributed by atoms with Gasteiger partial charge in [-0.1, -0.05) is 12.2 Å². The summed E-state index contributed by atoms with van der Waals surface area (Å²) in [5.74, 6) is 0. The quantitative estimate of drug-likeness (QED) is 0.612. The molecule has 0 unspecified atom stereocenters. The summed E-state index contributed by atoms with van der Waals surface area (Å²) in [6.45, 7) is 13.4. The Morgan fingerprint density at radius 1 is 1.00 bits per heavy atom. The minimum atomic E-state index is -0.167. The number of nitrogens with zero attached hydrogens (tertiary/aromatic N) is 1. The van der Waals surface area contributed by atoms with Crippen LogP contribution >= 0.6 is 0 Å². The molecule has 0 aliphatic rings. The van der Waals surface area contributed by atoms with Crippen molar-refractivity contribution in [2.75, 3.05) is 21.1 Å². The van der Waals surface area contributed by atoms with Crippen molar-refractivity contribution in [1.29, 1.82) is 0 Å². The molecule has 0 saturated carbocycles. The van der Waals surface area contributed by atoms with E-state index >= 15 is 0 Å². The second-order valence-electron chi connectivity index (χ2n) is 3.10. The van der Waals surface area contributed by atoms with Gasteiger partial charge in [-0.3, -0.25) is 0 Å². The average molecular weight is 203 g/mol. The Labute approximate surface area is 90.9 Å². The van der Waals surface area contributed by atoms with Crippen molar-refractivity contribution in [3.8, 4) is 0 Å². The van der Waals surface area contributed by atoms with Gasteiger partial charge in [-0.2, -0.15) is 0 Å². The number of rotatable bonds is 0. The highest BCUT2D eigenvalue weighted by atomic mass is 16.3. The highest BCUT2D eigenvalue weighted by molar-refractivity contribution is 4.68. The van der Waals surface area contributed by atoms with Crippen molar-refractivity contribution in [2.24, 2.45) is 0 Å². The maximum Gasteiger partial charge on any atom is 0.0483 e. The minimum Gasteiger partial charge on any atom is -0.394 e. The van der Waals surface area contributed by atoms with Crippen molar-refractivity contribution >= 4 is 0 Å². The van der Waals surface area contributed by atoms with Crippen molar-refractivity contribution in [1.82, 2.24) is 4.90 Å². The molecule has 0 aromatic carbocycles. The zero-order chi connectivity index (χ0) is 12.6. The second-order valence-corrected chi connectivity index (χ2v) is 3.10. The van der Waals surface area contributed by atoms with Crippen molar-refractivity contribution in [2.45, 2.75) is 33.8 Å². The lowest BCUT2D eigenvalue weighted by molar-refractivity contribution is 0.216. The third kappa shape index (κ3) is 7710. The van der Waals surface area contributed by atoms with Gasteiger partial charge < -0.3 is 10.0 Å². The second kappa shape index (κ2) is 29.4. The summed E-state index contributed by atoms with van der Waals surface area (Å²) in [4.78, 5) is 2.00. The largest absolute Gasteiger partial charge is 0.394 e. The summed E-state index contributed by atoms with van der Waals surface area (Å²) in [5, 5.41) is 8.06. The zero-order valence-electron chi connectivity index (χ0n) is 11.0. The number of hydrogen-bond acceptors (Lipinski definition) is 2. The number of allylic oxidation sites excluding steroid dienone is 2. The summed E-state index contributed by atoms with van der Waals surface area (Å²) in [7, 11) is 6.00. The molecule has 0 saturated heterocycles. The predicted octanol–water partition coefficient (Wildman–Crippen LogP) is 2.95. The minimum absolute atomic E-state index is 0.167. The van der Waals surface area contributed by atoms with Gasteiger partial charge >= 0.3 is 0 Å². The molecular formula is C12H29NO. The van der Waals surface area contributed by atoms with Crippen LogP contribution in [-0.4, -0.2) is 37.3 Å². The first-order valence-corrected chi connectivity index (χ1v) is 4.74. The maximum atomic E-state index is 8.06. The molecule has 0 aromatic rings. The molecule has 0 fully saturated rings. The summed E-state index contributed by atoms with van der Waals surface area (Å²) < 4.78 is 0. The smallest absolute Gasteiger partial charge is 0.0483 e. The van der Waals surface area contributed by atoms with Crippen LogP contribution in [0, 0.1) is 0 Å². The third-order valence-electron chi connectivity index (χ3n) is 0.333. The van der Waals surface area contributed by atoms with Gasteiger partial charge in [0.15, 0.2) is 0 Å². The molecule has 14 heavy (non-hydrogen) atoms. The molecule has 0 heterocycles. The Morgan fingerprint density at radius 2 is 1.07 bits per heavy atom. The number of aliphatic hydroxyl groups excluding tert-OH is 1. The van der Waals surface area contributed by atoms with E-state index in [4.69, 9.17) is 5.11 Å². The fourth-order valence-electron chi connectivity index (χ4n) is 0. The maximum absolute atomic E-state index is 8.06. The van der Waals surface area contributed by atoms with Crippen LogP contribution in [-0.2, 0) is 0 Å². The molecule has 0 atom stereocenters. The van der Waals surface area contributed by atoms with Crippen LogP contribution in [0.15, 0.2) is 25.3 Å². The van der Waals surface area contributed by atoms with Gasteiger partial charge in [0, 0.05) is 6.10 Å². The molecule has 0 aliphatic heterocycles. The average Bonchev–Trinajstić information content (AvgIpc) is 2.05. The lowest BCUT2D eigenvalue weighted by Gasteiger charge is -1.90. The zero-order valence-corrected chi connectivity index (χ0v) is 11.0. The highest BCUT2D eigenvalue weighted by Gasteiger charge is 1.69. The number of aliphatic hydroxyl groups is 1. The lowest BCUT2D eigenvalue weighted by atomic mass is 10.5. The van der Waals surface area contributed by atoms with Crippen LogP contribution in [0.1, 0.15) is 27.7 Å². The van der Waals surface area contributed by atoms with Crippen LogP contribution in [0.25, 0.3) is 0 Å². The van der Waals surface area contributed by atoms with Crippen LogP contribution in [0.5, 0.6) is 0 Å². The third-order valence-corrected chi connectivity index (χ3v) is 0.333. The standard InChI is InChI=1S/C4H8.C3H9N.C3H8O.C2H4/c1-3-4-2;1-4(2)3;1-3(2)4;1-2/h3-4H,1-2H3;1-3H3;3-4H,1-2H3;1-2H2. The first-order chi connectivity index (χ1) is 6.38. The van der Waals surface area contributed by atoms with E-state index in [9.17, 15) is 0 Å². The molecule has 0 aromatic heterocycles. The van der Waals surface area contributed by atoms with Gasteiger partial charge in [-0.25, -0.2) is 0 Å². The van der Waals surface area contributed by atoms with Crippen molar-refractivity contribution in [3.63, 3.8) is 0 Å². The summed E-state index contributed by atoms with van der Waals surface area (Å²) in [5.41, 5.74) is 0. The number of hydrogen-bond donors (Lipinski definition) is 1. The summed E-state index contributed by atoms with van der Waals surface area (Å²) in [6, 6.07) is 0. The molecule has 0 aliphatic carbocycles. The van der Waals surface area contributed by atoms with Gasteiger partial charge in [0.05, 0.1) is 0 Å². The molecular weight excluding hydrogens is 174 g/mol. The van der Waals surface area contributed by atoms with Crippen LogP contribution in [0.2, 0.25) is 0 Å². The molecule has 2 nitrogen and oxygen atoms in total. The molecule has 2 heteroatoms. The van der Waals surface area contributed by atoms with Crippen molar-refractivity contribution in [3.05, 3.63) is 25.3 Å². The van der Waals surface area contributed by atoms with E-state index in [0.717, 1.165) is 0 Å². The predicted molar refractivity (Wildman–Crippen MR) is 68.7 cm³/mol. The fraction of sp³-hybridized carbons (Fsp3) is 0.667. The topological polar surface area (TPSA) is 23.5 Å². The first-order valence-electron chi connectivity index (χ1n) is 4.74. The van der Waals surface area contributed by atoms with E-state index in [1.165, 1.54) is 0 Å². The molecule has 0 spiro atoms. The summed E-state index contributed by atoms with van der Waals surface area (Å²) >= 11 is 0. The van der Waals surface area contributed by atoms with E-state index in [-0.39, 0.29) is 6.10 Å². The molecule has 0 radical (unpaired) electrons. The van der Waals surface area contributed by atoms with E-state index in [2.05, 4.69) is 13.2 Å². The lowest BCUT2D eigenvalue weighted by Crippen LogP contribution is -1.99. The Morgan fingerprint density at radius 3 is 1.07 bits per heavy atom. The Hall–Kier alpha value is -0.600. The Balaban J connectivity index is -0.0000000492. The van der Waals surface area contributed by atoms with Gasteiger partial charge in [-0.05, 0) is 48.8 Å². The Kier molecular flexibility index (Phi) is 49.0.